The minimum atomic E-state index is -0.722. The lowest BCUT2D eigenvalue weighted by Gasteiger charge is -2.37. The van der Waals surface area contributed by atoms with Gasteiger partial charge < -0.3 is 38.7 Å². The van der Waals surface area contributed by atoms with Crippen molar-refractivity contribution in [2.24, 2.45) is 11.7 Å². The lowest BCUT2D eigenvalue weighted by atomic mass is 10.0. The van der Waals surface area contributed by atoms with Crippen LogP contribution in [0.3, 0.4) is 0 Å². The summed E-state index contributed by atoms with van der Waals surface area (Å²) in [6.45, 7) is 14.6. The maximum absolute atomic E-state index is 13.9. The second-order valence-corrected chi connectivity index (χ2v) is 16.9. The van der Waals surface area contributed by atoms with Crippen molar-refractivity contribution in [3.8, 4) is 23.3 Å². The third-order valence-corrected chi connectivity index (χ3v) is 10.7. The number of hydrogen-bond donors (Lipinski definition) is 3. The largest absolute Gasteiger partial charge is 0.494 e. The van der Waals surface area contributed by atoms with Crippen molar-refractivity contribution in [2.75, 3.05) is 44.5 Å². The average Bonchev–Trinajstić information content (AvgIpc) is 4.04. The second kappa shape index (κ2) is 19.8. The van der Waals surface area contributed by atoms with Gasteiger partial charge in [0.05, 0.1) is 48.1 Å². The van der Waals surface area contributed by atoms with E-state index in [9.17, 15) is 24.0 Å². The molecule has 1 fully saturated rings. The summed E-state index contributed by atoms with van der Waals surface area (Å²) >= 11 is 0. The topological polar surface area (TPSA) is 247 Å². The van der Waals surface area contributed by atoms with Crippen molar-refractivity contribution >= 4 is 63.7 Å². The highest BCUT2D eigenvalue weighted by molar-refractivity contribution is 6.05. The van der Waals surface area contributed by atoms with Crippen LogP contribution in [-0.2, 0) is 35.7 Å². The monoisotopic (exact) mass is 930 g/mol. The maximum atomic E-state index is 13.9. The second-order valence-electron chi connectivity index (χ2n) is 16.9. The number of amides is 4. The van der Waals surface area contributed by atoms with Crippen molar-refractivity contribution in [3.63, 3.8) is 0 Å². The zero-order valence-corrected chi connectivity index (χ0v) is 39.4. The molecule has 0 aliphatic carbocycles. The third-order valence-electron chi connectivity index (χ3n) is 10.7. The van der Waals surface area contributed by atoms with Crippen molar-refractivity contribution < 1.29 is 42.9 Å². The number of likely N-dealkylation sites (tertiary alicyclic amines) is 1. The molecule has 0 bridgehead atoms. The molecule has 0 unspecified atom stereocenters. The van der Waals surface area contributed by atoms with Gasteiger partial charge in [0.2, 0.25) is 17.8 Å². The number of carbonyl (C=O) groups is 5. The summed E-state index contributed by atoms with van der Waals surface area (Å²) < 4.78 is 29.0. The molecule has 21 heteroatoms. The minimum Gasteiger partial charge on any atom is -0.494 e. The van der Waals surface area contributed by atoms with Gasteiger partial charge in [-0.25, -0.2) is 19.6 Å². The number of nitrogens with two attached hydrogens (primary N) is 1. The summed E-state index contributed by atoms with van der Waals surface area (Å²) in [5.74, 6) is 4.66. The molecular formula is C47H54N12O9. The van der Waals surface area contributed by atoms with E-state index in [1.807, 2.05) is 46.8 Å². The Hall–Kier alpha value is -8.15. The van der Waals surface area contributed by atoms with Crippen LogP contribution in [0.5, 0.6) is 11.5 Å². The molecule has 5 heterocycles. The van der Waals surface area contributed by atoms with Gasteiger partial charge in [0.1, 0.15) is 46.1 Å². The highest BCUT2D eigenvalue weighted by Gasteiger charge is 2.33. The van der Waals surface area contributed by atoms with Gasteiger partial charge in [-0.15, -0.1) is 0 Å². The Kier molecular flexibility index (Phi) is 13.9. The van der Waals surface area contributed by atoms with Crippen LogP contribution in [0.25, 0.3) is 22.1 Å². The van der Waals surface area contributed by atoms with Gasteiger partial charge in [-0.2, -0.15) is 10.2 Å². The number of rotatable bonds is 15. The van der Waals surface area contributed by atoms with Gasteiger partial charge in [0.15, 0.2) is 0 Å². The summed E-state index contributed by atoms with van der Waals surface area (Å²) in [5, 5.41) is 14.7. The van der Waals surface area contributed by atoms with E-state index >= 15 is 0 Å². The smallest absolute Gasteiger partial charge is 0.410 e. The first-order valence-corrected chi connectivity index (χ1v) is 21.9. The average molecular weight is 931 g/mol. The van der Waals surface area contributed by atoms with Crippen molar-refractivity contribution in [1.82, 2.24) is 43.6 Å². The Labute approximate surface area is 391 Å². The highest BCUT2D eigenvalue weighted by Crippen LogP contribution is 2.33. The third kappa shape index (κ3) is 10.3. The number of aryl methyl sites for hydroxylation is 4. The van der Waals surface area contributed by atoms with Crippen LogP contribution in [0.15, 0.2) is 48.6 Å². The molecule has 4 amide bonds. The number of hydrogen-bond acceptors (Lipinski definition) is 13. The maximum Gasteiger partial charge on any atom is 0.410 e. The van der Waals surface area contributed by atoms with Gasteiger partial charge in [-0.05, 0) is 84.9 Å². The number of carbonyl (C=O) groups excluding carboxylic acids is 5. The van der Waals surface area contributed by atoms with Crippen LogP contribution < -0.4 is 25.8 Å². The Morgan fingerprint density at radius 2 is 1.29 bits per heavy atom. The normalized spacial score (nSPS) is 12.8. The van der Waals surface area contributed by atoms with Gasteiger partial charge in [-0.3, -0.25) is 34.4 Å². The number of aromatic nitrogens is 8. The number of esters is 1. The minimum absolute atomic E-state index is 0.0823. The molecule has 6 aromatic rings. The van der Waals surface area contributed by atoms with E-state index in [-0.39, 0.29) is 54.4 Å². The fraction of sp³-hybridized carbons (Fsp3) is 0.383. The number of imidazole rings is 2. The van der Waals surface area contributed by atoms with Crippen molar-refractivity contribution in [1.29, 1.82) is 0 Å². The molecule has 1 saturated heterocycles. The lowest BCUT2D eigenvalue weighted by Crippen LogP contribution is -2.51. The van der Waals surface area contributed by atoms with Crippen LogP contribution in [0.4, 0.5) is 16.7 Å². The molecule has 0 radical (unpaired) electrons. The summed E-state index contributed by atoms with van der Waals surface area (Å²) in [5.41, 5.74) is 9.02. The summed E-state index contributed by atoms with van der Waals surface area (Å²) in [4.78, 5) is 76.4. The van der Waals surface area contributed by atoms with Crippen LogP contribution in [-0.4, -0.2) is 113 Å². The molecule has 0 spiro atoms. The van der Waals surface area contributed by atoms with Gasteiger partial charge in [-0.1, -0.05) is 24.0 Å². The Morgan fingerprint density at radius 3 is 1.78 bits per heavy atom. The van der Waals surface area contributed by atoms with Crippen LogP contribution in [0, 0.1) is 31.6 Å². The van der Waals surface area contributed by atoms with E-state index in [1.54, 1.807) is 55.4 Å². The van der Waals surface area contributed by atoms with E-state index in [0.29, 0.717) is 76.8 Å². The number of ether oxygens (including phenoxy) is 4. The molecule has 7 rings (SSSR count). The number of nitrogens with zero attached hydrogens (tertiary/aromatic N) is 9. The molecule has 1 aliphatic rings. The summed E-state index contributed by atoms with van der Waals surface area (Å²) in [6, 6.07) is 9.44. The number of nitrogens with one attached hydrogen (secondary N) is 2. The number of fused-ring (bicyclic) bond motifs is 2. The predicted molar refractivity (Wildman–Crippen MR) is 251 cm³/mol. The summed E-state index contributed by atoms with van der Waals surface area (Å²) in [7, 11) is 2.73. The van der Waals surface area contributed by atoms with E-state index in [1.165, 1.54) is 32.4 Å². The Balaban J connectivity index is 1.23. The molecule has 2 aromatic carbocycles. The Bertz CT molecular complexity index is 3040. The van der Waals surface area contributed by atoms with Crippen LogP contribution in [0.1, 0.15) is 87.7 Å². The number of allylic oxidation sites excluding steroid dienone is 2. The number of methoxy groups -OCH3 is 2. The lowest BCUT2D eigenvalue weighted by molar-refractivity contribution is 0.00586. The van der Waals surface area contributed by atoms with E-state index in [2.05, 4.69) is 32.7 Å². The molecule has 1 aliphatic heterocycles. The first kappa shape index (κ1) is 47.8. The molecule has 0 atom stereocenters. The molecule has 68 heavy (non-hydrogen) atoms. The van der Waals surface area contributed by atoms with Gasteiger partial charge in [0, 0.05) is 44.8 Å². The standard InChI is InChI=1S/C47H54N12O9/c1-10-58-34(19-27(3)53-58)41(61)51-44-50-33-22-31(43(63)66-9)24-36(65-8)38(33)56(44)16-12-13-17-57-39-32(49-45(57)52-42(62)35-20-28(4)54-59(35)11-2)21-30(40(48)60)23-37(39)67-18-14-15-29-25-55(26-29)46(64)68-47(5,6)7/h12-13,19-24,29H,10-11,16-18,25-26H2,1-9H3,(H2,48,60)(H,49,52,62)(H,50,51,61)/b13-12+. The SMILES string of the molecule is CCn1nc(C)cc1C(=O)Nc1nc2cc(C(=O)OC)cc(OC)c2n1C/C=C/Cn1c(NC(=O)c2cc(C)nn2CC)nc2cc(C(N)=O)cc(OCC#CC3CN(C(=O)OC(C)(C)C)C3)c21. The first-order chi connectivity index (χ1) is 32.4. The first-order valence-electron chi connectivity index (χ1n) is 21.9. The Morgan fingerprint density at radius 1 is 0.779 bits per heavy atom. The van der Waals surface area contributed by atoms with Crippen molar-refractivity contribution in [3.05, 3.63) is 82.5 Å². The van der Waals surface area contributed by atoms with Gasteiger partial charge in [0.25, 0.3) is 11.8 Å². The molecule has 21 nitrogen and oxygen atoms in total. The number of benzene rings is 2. The molecule has 0 saturated carbocycles. The molecule has 4 N–H and O–H groups in total. The van der Waals surface area contributed by atoms with Gasteiger partial charge >= 0.3 is 12.1 Å². The molecule has 4 aromatic heterocycles. The zero-order valence-electron chi connectivity index (χ0n) is 39.4. The quantitative estimate of drug-likeness (QED) is 0.0670. The predicted octanol–water partition coefficient (Wildman–Crippen LogP) is 5.34. The van der Waals surface area contributed by atoms with Crippen molar-refractivity contribution in [2.45, 2.75) is 80.2 Å². The highest BCUT2D eigenvalue weighted by atomic mass is 16.6. The van der Waals surface area contributed by atoms with E-state index < -0.39 is 35.4 Å². The number of anilines is 2. The zero-order chi connectivity index (χ0) is 49.0. The van der Waals surface area contributed by atoms with Crippen LogP contribution in [0.2, 0.25) is 0 Å². The number of primary amides is 1. The van der Waals surface area contributed by atoms with Crippen LogP contribution >= 0.6 is 0 Å². The fourth-order valence-corrected chi connectivity index (χ4v) is 7.62. The summed E-state index contributed by atoms with van der Waals surface area (Å²) in [6.07, 6.45) is 3.24. The molecule has 356 valence electrons. The fourth-order valence-electron chi connectivity index (χ4n) is 7.62. The van der Waals surface area contributed by atoms with E-state index in [4.69, 9.17) is 34.6 Å². The molecular weight excluding hydrogens is 877 g/mol. The van der Waals surface area contributed by atoms with E-state index in [0.717, 1.165) is 0 Å².